The minimum absolute atomic E-state index is 0.132. The predicted molar refractivity (Wildman–Crippen MR) is 61.4 cm³/mol. The number of rotatable bonds is 4. The van der Waals surface area contributed by atoms with Crippen molar-refractivity contribution >= 4 is 5.82 Å². The van der Waals surface area contributed by atoms with Gasteiger partial charge in [0.15, 0.2) is 0 Å². The van der Waals surface area contributed by atoms with Crippen molar-refractivity contribution in [2.75, 3.05) is 11.9 Å². The van der Waals surface area contributed by atoms with Gasteiger partial charge in [0.25, 0.3) is 0 Å². The first-order valence-electron chi connectivity index (χ1n) is 5.30. The van der Waals surface area contributed by atoms with Gasteiger partial charge in [0, 0.05) is 6.54 Å². The quantitative estimate of drug-likeness (QED) is 0.826. The second-order valence-corrected chi connectivity index (χ2v) is 3.75. The minimum Gasteiger partial charge on any atom is -0.475 e. The van der Waals surface area contributed by atoms with Crippen LogP contribution >= 0.6 is 0 Å². The monoisotopic (exact) mass is 209 g/mol. The number of nitrogens with one attached hydrogen (secondary N) is 1. The molecule has 15 heavy (non-hydrogen) atoms. The largest absolute Gasteiger partial charge is 0.475 e. The summed E-state index contributed by atoms with van der Waals surface area (Å²) in [5.74, 6) is 2.27. The lowest BCUT2D eigenvalue weighted by molar-refractivity contribution is 0.230. The van der Waals surface area contributed by atoms with Gasteiger partial charge in [0.05, 0.1) is 11.7 Å². The van der Waals surface area contributed by atoms with Crippen LogP contribution in [0.15, 0.2) is 0 Å². The third-order valence-corrected chi connectivity index (χ3v) is 1.90. The highest BCUT2D eigenvalue weighted by atomic mass is 16.5. The molecular formula is C11H19N3O. The van der Waals surface area contributed by atoms with Crippen LogP contribution in [0, 0.1) is 13.8 Å². The fourth-order valence-corrected chi connectivity index (χ4v) is 1.28. The van der Waals surface area contributed by atoms with Crippen LogP contribution in [0.4, 0.5) is 5.82 Å². The van der Waals surface area contributed by atoms with Crippen LogP contribution in [0.2, 0.25) is 0 Å². The molecule has 0 atom stereocenters. The summed E-state index contributed by atoms with van der Waals surface area (Å²) < 4.78 is 5.62. The number of hydrogen-bond donors (Lipinski definition) is 1. The highest BCUT2D eigenvalue weighted by Gasteiger charge is 2.10. The summed E-state index contributed by atoms with van der Waals surface area (Å²) in [5, 5.41) is 3.20. The summed E-state index contributed by atoms with van der Waals surface area (Å²) in [6.07, 6.45) is 0.132. The Morgan fingerprint density at radius 1 is 1.27 bits per heavy atom. The number of aryl methyl sites for hydroxylation is 1. The zero-order chi connectivity index (χ0) is 11.4. The standard InChI is InChI=1S/C11H19N3O/c1-6-12-10-8(4)11(15-7(2)3)14-9(5)13-10/h7H,6H2,1-5H3,(H,12,13,14). The molecule has 0 aliphatic rings. The van der Waals surface area contributed by atoms with Gasteiger partial charge in [-0.1, -0.05) is 0 Å². The van der Waals surface area contributed by atoms with Crippen molar-refractivity contribution in [2.45, 2.75) is 40.7 Å². The molecule has 0 aliphatic carbocycles. The lowest BCUT2D eigenvalue weighted by atomic mass is 10.3. The second-order valence-electron chi connectivity index (χ2n) is 3.75. The average Bonchev–Trinajstić information content (AvgIpc) is 2.12. The molecule has 1 rings (SSSR count). The summed E-state index contributed by atoms with van der Waals surface area (Å²) in [6.45, 7) is 10.7. The van der Waals surface area contributed by atoms with Gasteiger partial charge >= 0.3 is 0 Å². The number of ether oxygens (including phenoxy) is 1. The van der Waals surface area contributed by atoms with E-state index in [0.717, 1.165) is 23.8 Å². The van der Waals surface area contributed by atoms with E-state index in [1.165, 1.54) is 0 Å². The maximum Gasteiger partial charge on any atom is 0.222 e. The summed E-state index contributed by atoms with van der Waals surface area (Å²) >= 11 is 0. The van der Waals surface area contributed by atoms with Crippen LogP contribution in [-0.2, 0) is 0 Å². The molecule has 1 aromatic heterocycles. The first-order valence-corrected chi connectivity index (χ1v) is 5.30. The molecular weight excluding hydrogens is 190 g/mol. The normalized spacial score (nSPS) is 10.5. The minimum atomic E-state index is 0.132. The molecule has 0 bridgehead atoms. The van der Waals surface area contributed by atoms with E-state index >= 15 is 0 Å². The molecule has 4 heteroatoms. The van der Waals surface area contributed by atoms with Gasteiger partial charge < -0.3 is 10.1 Å². The smallest absolute Gasteiger partial charge is 0.222 e. The first-order chi connectivity index (χ1) is 7.04. The van der Waals surface area contributed by atoms with Crippen LogP contribution in [-0.4, -0.2) is 22.6 Å². The SMILES string of the molecule is CCNc1nc(C)nc(OC(C)C)c1C. The van der Waals surface area contributed by atoms with Crippen LogP contribution in [0.1, 0.15) is 32.2 Å². The van der Waals surface area contributed by atoms with E-state index in [9.17, 15) is 0 Å². The van der Waals surface area contributed by atoms with Crippen LogP contribution in [0.3, 0.4) is 0 Å². The van der Waals surface area contributed by atoms with Crippen LogP contribution in [0.5, 0.6) is 5.88 Å². The molecule has 0 saturated heterocycles. The molecule has 0 aromatic carbocycles. The lowest BCUT2D eigenvalue weighted by Gasteiger charge is -2.14. The van der Waals surface area contributed by atoms with Gasteiger partial charge in [-0.3, -0.25) is 0 Å². The Kier molecular flexibility index (Phi) is 3.88. The number of aromatic nitrogens is 2. The molecule has 1 aromatic rings. The maximum absolute atomic E-state index is 5.62. The molecule has 0 radical (unpaired) electrons. The Labute approximate surface area is 91.1 Å². The summed E-state index contributed by atoms with van der Waals surface area (Å²) in [6, 6.07) is 0. The third kappa shape index (κ3) is 3.08. The van der Waals surface area contributed by atoms with Gasteiger partial charge in [0.2, 0.25) is 5.88 Å². The van der Waals surface area contributed by atoms with E-state index in [-0.39, 0.29) is 6.10 Å². The molecule has 0 spiro atoms. The zero-order valence-corrected chi connectivity index (χ0v) is 10.1. The topological polar surface area (TPSA) is 47.0 Å². The number of nitrogens with zero attached hydrogens (tertiary/aromatic N) is 2. The molecule has 0 amide bonds. The molecule has 1 N–H and O–H groups in total. The van der Waals surface area contributed by atoms with Crippen molar-refractivity contribution < 1.29 is 4.74 Å². The van der Waals surface area contributed by atoms with Crippen molar-refractivity contribution in [1.29, 1.82) is 0 Å². The summed E-state index contributed by atoms with van der Waals surface area (Å²) in [4.78, 5) is 8.61. The second kappa shape index (κ2) is 4.96. The van der Waals surface area contributed by atoms with E-state index in [4.69, 9.17) is 4.74 Å². The number of hydrogen-bond acceptors (Lipinski definition) is 4. The Morgan fingerprint density at radius 3 is 2.47 bits per heavy atom. The molecule has 84 valence electrons. The molecule has 0 aliphatic heterocycles. The van der Waals surface area contributed by atoms with Crippen molar-refractivity contribution in [3.8, 4) is 5.88 Å². The Bertz CT molecular complexity index is 337. The van der Waals surface area contributed by atoms with Gasteiger partial charge in [-0.05, 0) is 34.6 Å². The fourth-order valence-electron chi connectivity index (χ4n) is 1.28. The zero-order valence-electron chi connectivity index (χ0n) is 10.1. The highest BCUT2D eigenvalue weighted by molar-refractivity contribution is 5.48. The highest BCUT2D eigenvalue weighted by Crippen LogP contribution is 2.22. The van der Waals surface area contributed by atoms with E-state index in [0.29, 0.717) is 5.88 Å². The summed E-state index contributed by atoms with van der Waals surface area (Å²) in [5.41, 5.74) is 0.969. The Hall–Kier alpha value is -1.32. The molecule has 0 saturated carbocycles. The van der Waals surface area contributed by atoms with Crippen molar-refractivity contribution in [1.82, 2.24) is 9.97 Å². The van der Waals surface area contributed by atoms with Crippen molar-refractivity contribution in [3.05, 3.63) is 11.4 Å². The van der Waals surface area contributed by atoms with Gasteiger partial charge in [0.1, 0.15) is 11.6 Å². The average molecular weight is 209 g/mol. The predicted octanol–water partition coefficient (Wildman–Crippen LogP) is 2.31. The lowest BCUT2D eigenvalue weighted by Crippen LogP contribution is -2.12. The van der Waals surface area contributed by atoms with Gasteiger partial charge in [-0.25, -0.2) is 4.98 Å². The van der Waals surface area contributed by atoms with Crippen LogP contribution in [0.25, 0.3) is 0 Å². The molecule has 0 fully saturated rings. The molecule has 0 unspecified atom stereocenters. The van der Waals surface area contributed by atoms with Gasteiger partial charge in [-0.2, -0.15) is 4.98 Å². The fraction of sp³-hybridized carbons (Fsp3) is 0.636. The number of anilines is 1. The van der Waals surface area contributed by atoms with Crippen molar-refractivity contribution in [3.63, 3.8) is 0 Å². The molecule has 1 heterocycles. The molecule has 4 nitrogen and oxygen atoms in total. The van der Waals surface area contributed by atoms with E-state index in [2.05, 4.69) is 15.3 Å². The van der Waals surface area contributed by atoms with Crippen LogP contribution < -0.4 is 10.1 Å². The Balaban J connectivity index is 3.04. The van der Waals surface area contributed by atoms with E-state index in [1.807, 2.05) is 34.6 Å². The van der Waals surface area contributed by atoms with Gasteiger partial charge in [-0.15, -0.1) is 0 Å². The van der Waals surface area contributed by atoms with Crippen molar-refractivity contribution in [2.24, 2.45) is 0 Å². The third-order valence-electron chi connectivity index (χ3n) is 1.90. The van der Waals surface area contributed by atoms with E-state index < -0.39 is 0 Å². The summed E-state index contributed by atoms with van der Waals surface area (Å²) in [7, 11) is 0. The van der Waals surface area contributed by atoms with E-state index in [1.54, 1.807) is 0 Å². The maximum atomic E-state index is 5.62. The first kappa shape index (κ1) is 11.8. The Morgan fingerprint density at radius 2 is 1.93 bits per heavy atom.